The largest absolute Gasteiger partial charge is 0.346 e. The zero-order valence-electron chi connectivity index (χ0n) is 13.5. The van der Waals surface area contributed by atoms with E-state index in [-0.39, 0.29) is 18.4 Å². The molecule has 8 heteroatoms. The van der Waals surface area contributed by atoms with Gasteiger partial charge in [0.05, 0.1) is 6.04 Å². The van der Waals surface area contributed by atoms with Crippen LogP contribution in [0, 0.1) is 6.92 Å². The van der Waals surface area contributed by atoms with E-state index in [2.05, 4.69) is 30.6 Å². The molecule has 24 heavy (non-hydrogen) atoms. The number of aryl methyl sites for hydroxylation is 2. The Morgan fingerprint density at radius 1 is 1.38 bits per heavy atom. The summed E-state index contributed by atoms with van der Waals surface area (Å²) in [4.78, 5) is 20.4. The highest BCUT2D eigenvalue weighted by atomic mass is 16.5. The number of H-pyrrole nitrogens is 1. The van der Waals surface area contributed by atoms with Crippen molar-refractivity contribution in [2.45, 2.75) is 32.7 Å². The summed E-state index contributed by atoms with van der Waals surface area (Å²) in [6.07, 6.45) is 2.05. The van der Waals surface area contributed by atoms with E-state index in [4.69, 9.17) is 4.52 Å². The van der Waals surface area contributed by atoms with Gasteiger partial charge in [-0.2, -0.15) is 10.1 Å². The van der Waals surface area contributed by atoms with Crippen LogP contribution in [0.4, 0.5) is 0 Å². The van der Waals surface area contributed by atoms with Gasteiger partial charge in [-0.15, -0.1) is 0 Å². The van der Waals surface area contributed by atoms with Gasteiger partial charge in [0, 0.05) is 18.4 Å². The normalized spacial score (nSPS) is 12.1. The first kappa shape index (κ1) is 15.9. The van der Waals surface area contributed by atoms with Crippen molar-refractivity contribution in [1.29, 1.82) is 0 Å². The summed E-state index contributed by atoms with van der Waals surface area (Å²) in [6.45, 7) is 3.82. The van der Waals surface area contributed by atoms with Crippen LogP contribution in [-0.4, -0.2) is 31.2 Å². The molecule has 3 aromatic rings. The standard InChI is InChI=1S/C16H18N6O2/c1-10-5-3-4-6-12(10)16-20-14(24-22-16)8-7-13(23)19-11(2)15-17-9-18-21-15/h3-6,9,11H,7-8H2,1-2H3,(H,19,23)(H,17,18,21)/t11-/m1/s1. The summed E-state index contributed by atoms with van der Waals surface area (Å²) in [7, 11) is 0. The maximum atomic E-state index is 12.0. The third-order valence-corrected chi connectivity index (χ3v) is 3.64. The van der Waals surface area contributed by atoms with Gasteiger partial charge < -0.3 is 9.84 Å². The highest BCUT2D eigenvalue weighted by Crippen LogP contribution is 2.20. The van der Waals surface area contributed by atoms with Gasteiger partial charge in [0.15, 0.2) is 0 Å². The Bertz CT molecular complexity index is 812. The van der Waals surface area contributed by atoms with Gasteiger partial charge in [-0.1, -0.05) is 29.4 Å². The number of hydrogen-bond acceptors (Lipinski definition) is 6. The molecule has 124 valence electrons. The smallest absolute Gasteiger partial charge is 0.227 e. The summed E-state index contributed by atoms with van der Waals surface area (Å²) >= 11 is 0. The van der Waals surface area contributed by atoms with E-state index >= 15 is 0 Å². The minimum absolute atomic E-state index is 0.116. The van der Waals surface area contributed by atoms with Crippen molar-refractivity contribution in [2.24, 2.45) is 0 Å². The van der Waals surface area contributed by atoms with Crippen LogP contribution in [0.3, 0.4) is 0 Å². The molecule has 0 fully saturated rings. The number of nitrogens with zero attached hydrogens (tertiary/aromatic N) is 4. The van der Waals surface area contributed by atoms with Gasteiger partial charge in [0.2, 0.25) is 17.6 Å². The molecule has 0 spiro atoms. The molecule has 0 aliphatic carbocycles. The van der Waals surface area contributed by atoms with Gasteiger partial charge in [-0.05, 0) is 19.4 Å². The zero-order valence-corrected chi connectivity index (χ0v) is 13.5. The summed E-state index contributed by atoms with van der Waals surface area (Å²) in [5.41, 5.74) is 2.00. The van der Waals surface area contributed by atoms with Gasteiger partial charge in [0.25, 0.3) is 0 Å². The van der Waals surface area contributed by atoms with Crippen LogP contribution >= 0.6 is 0 Å². The number of benzene rings is 1. The van der Waals surface area contributed by atoms with E-state index in [1.807, 2.05) is 38.1 Å². The van der Waals surface area contributed by atoms with Gasteiger partial charge >= 0.3 is 0 Å². The van der Waals surface area contributed by atoms with E-state index in [0.29, 0.717) is 24.0 Å². The first-order valence-electron chi connectivity index (χ1n) is 7.66. The Morgan fingerprint density at radius 3 is 2.96 bits per heavy atom. The quantitative estimate of drug-likeness (QED) is 0.716. The van der Waals surface area contributed by atoms with E-state index in [1.165, 1.54) is 6.33 Å². The van der Waals surface area contributed by atoms with Crippen molar-refractivity contribution in [1.82, 2.24) is 30.6 Å². The third kappa shape index (κ3) is 3.65. The molecular formula is C16H18N6O2. The molecule has 0 aliphatic heterocycles. The number of nitrogens with one attached hydrogen (secondary N) is 2. The second kappa shape index (κ2) is 7.03. The number of carbonyl (C=O) groups excluding carboxylic acids is 1. The van der Waals surface area contributed by atoms with E-state index < -0.39 is 0 Å². The second-order valence-corrected chi connectivity index (χ2v) is 5.49. The maximum Gasteiger partial charge on any atom is 0.227 e. The number of carbonyl (C=O) groups is 1. The van der Waals surface area contributed by atoms with Crippen molar-refractivity contribution in [3.63, 3.8) is 0 Å². The monoisotopic (exact) mass is 326 g/mol. The van der Waals surface area contributed by atoms with E-state index in [0.717, 1.165) is 11.1 Å². The fraction of sp³-hybridized carbons (Fsp3) is 0.312. The van der Waals surface area contributed by atoms with Crippen molar-refractivity contribution in [2.75, 3.05) is 0 Å². The van der Waals surface area contributed by atoms with Crippen LogP contribution in [0.25, 0.3) is 11.4 Å². The zero-order chi connectivity index (χ0) is 16.9. The number of aromatic amines is 1. The third-order valence-electron chi connectivity index (χ3n) is 3.64. The topological polar surface area (TPSA) is 110 Å². The van der Waals surface area contributed by atoms with Crippen molar-refractivity contribution in [3.8, 4) is 11.4 Å². The highest BCUT2D eigenvalue weighted by molar-refractivity contribution is 5.76. The van der Waals surface area contributed by atoms with Crippen LogP contribution in [0.2, 0.25) is 0 Å². The average molecular weight is 326 g/mol. The SMILES string of the molecule is Cc1ccccc1-c1noc(CCC(=O)N[C@H](C)c2ncn[nH]2)n1. The fourth-order valence-corrected chi connectivity index (χ4v) is 2.32. The van der Waals surface area contributed by atoms with Crippen molar-refractivity contribution >= 4 is 5.91 Å². The molecule has 1 atom stereocenters. The molecule has 2 aromatic heterocycles. The molecule has 3 rings (SSSR count). The maximum absolute atomic E-state index is 12.0. The molecule has 0 radical (unpaired) electrons. The molecule has 0 unspecified atom stereocenters. The molecule has 8 nitrogen and oxygen atoms in total. The lowest BCUT2D eigenvalue weighted by Gasteiger charge is -2.09. The first-order chi connectivity index (χ1) is 11.6. The molecule has 2 N–H and O–H groups in total. The summed E-state index contributed by atoms with van der Waals surface area (Å²) in [5.74, 6) is 1.48. The lowest BCUT2D eigenvalue weighted by atomic mass is 10.1. The van der Waals surface area contributed by atoms with Gasteiger partial charge in [-0.3, -0.25) is 9.89 Å². The summed E-state index contributed by atoms with van der Waals surface area (Å²) in [5, 5.41) is 13.3. The van der Waals surface area contributed by atoms with Crippen LogP contribution in [0.15, 0.2) is 35.1 Å². The van der Waals surface area contributed by atoms with Crippen molar-refractivity contribution in [3.05, 3.63) is 47.9 Å². The molecule has 0 bridgehead atoms. The Labute approximate surface area is 138 Å². The van der Waals surface area contributed by atoms with Crippen LogP contribution in [0.5, 0.6) is 0 Å². The first-order valence-corrected chi connectivity index (χ1v) is 7.66. The molecular weight excluding hydrogens is 308 g/mol. The molecule has 1 aromatic carbocycles. The number of hydrogen-bond donors (Lipinski definition) is 2. The number of amides is 1. The lowest BCUT2D eigenvalue weighted by molar-refractivity contribution is -0.121. The molecule has 0 saturated carbocycles. The molecule has 0 aliphatic rings. The van der Waals surface area contributed by atoms with Crippen LogP contribution in [-0.2, 0) is 11.2 Å². The lowest BCUT2D eigenvalue weighted by Crippen LogP contribution is -2.27. The number of rotatable bonds is 6. The second-order valence-electron chi connectivity index (χ2n) is 5.49. The van der Waals surface area contributed by atoms with Crippen molar-refractivity contribution < 1.29 is 9.32 Å². The summed E-state index contributed by atoms with van der Waals surface area (Å²) in [6, 6.07) is 7.58. The van der Waals surface area contributed by atoms with Gasteiger partial charge in [-0.25, -0.2) is 4.98 Å². The van der Waals surface area contributed by atoms with Crippen LogP contribution < -0.4 is 5.32 Å². The Morgan fingerprint density at radius 2 is 2.21 bits per heavy atom. The Hall–Kier alpha value is -3.03. The fourth-order valence-electron chi connectivity index (χ4n) is 2.32. The van der Waals surface area contributed by atoms with E-state index in [1.54, 1.807) is 0 Å². The Kier molecular flexibility index (Phi) is 4.64. The molecule has 1 amide bonds. The predicted molar refractivity (Wildman–Crippen MR) is 85.7 cm³/mol. The highest BCUT2D eigenvalue weighted by Gasteiger charge is 2.14. The average Bonchev–Trinajstić information content (AvgIpc) is 3.25. The van der Waals surface area contributed by atoms with Crippen LogP contribution in [0.1, 0.15) is 36.7 Å². The van der Waals surface area contributed by atoms with Gasteiger partial charge in [0.1, 0.15) is 12.2 Å². The number of aromatic nitrogens is 5. The molecule has 2 heterocycles. The predicted octanol–water partition coefficient (Wildman–Crippen LogP) is 1.97. The molecule has 0 saturated heterocycles. The Balaban J connectivity index is 1.56. The van der Waals surface area contributed by atoms with E-state index in [9.17, 15) is 4.79 Å². The summed E-state index contributed by atoms with van der Waals surface area (Å²) < 4.78 is 5.23. The minimum atomic E-state index is -0.231. The minimum Gasteiger partial charge on any atom is -0.346 e.